The number of aliphatic hydroxyl groups excluding tert-OH is 1. The molecule has 4 heterocycles. The molecule has 72 heavy (non-hydrogen) atoms. The maximum absolute atomic E-state index is 14.0. The van der Waals surface area contributed by atoms with Crippen molar-refractivity contribution >= 4 is 35.9 Å². The van der Waals surface area contributed by atoms with Crippen LogP contribution < -0.4 is 0 Å². The van der Waals surface area contributed by atoms with Gasteiger partial charge in [0.1, 0.15) is 36.8 Å². The monoisotopic (exact) mass is 1020 g/mol. The number of likely N-dealkylation sites (N-methyl/N-ethyl adjacent to an activating group) is 1. The van der Waals surface area contributed by atoms with E-state index in [1.165, 1.54) is 41.1 Å². The Hall–Kier alpha value is -3.96. The van der Waals surface area contributed by atoms with E-state index in [0.717, 1.165) is 11.9 Å². The van der Waals surface area contributed by atoms with Gasteiger partial charge in [-0.3, -0.25) is 24.0 Å². The molecule has 20 atom stereocenters. The second kappa shape index (κ2) is 28.1. The normalized spacial score (nSPS) is 39.7. The third-order valence-corrected chi connectivity index (χ3v) is 13.8. The topological polar surface area (TPSA) is 237 Å². The summed E-state index contributed by atoms with van der Waals surface area (Å²) in [6, 6.07) is -0.718. The van der Waals surface area contributed by atoms with Gasteiger partial charge in [0.25, 0.3) is 0 Å². The predicted octanol–water partition coefficient (Wildman–Crippen LogP) is 4.35. The molecule has 0 spiro atoms. The van der Waals surface area contributed by atoms with E-state index in [-0.39, 0.29) is 25.2 Å². The molecule has 4 rings (SSSR count). The van der Waals surface area contributed by atoms with Crippen LogP contribution in [0.25, 0.3) is 0 Å². The highest BCUT2D eigenvalue weighted by Gasteiger charge is 2.52. The van der Waals surface area contributed by atoms with Crippen LogP contribution in [0.2, 0.25) is 0 Å². The third kappa shape index (κ3) is 16.3. The van der Waals surface area contributed by atoms with Crippen molar-refractivity contribution in [2.75, 3.05) is 34.9 Å². The van der Waals surface area contributed by atoms with E-state index in [1.54, 1.807) is 67.8 Å². The fourth-order valence-electron chi connectivity index (χ4n) is 10.2. The fourth-order valence-corrected chi connectivity index (χ4v) is 10.2. The molecule has 1 N–H and O–H groups in total. The molecule has 0 aromatic heterocycles. The molecule has 2 fully saturated rings. The summed E-state index contributed by atoms with van der Waals surface area (Å²) in [6.45, 7) is 18.0. The lowest BCUT2D eigenvalue weighted by atomic mass is 9.79. The van der Waals surface area contributed by atoms with Gasteiger partial charge >= 0.3 is 23.9 Å². The number of hydrogen-bond acceptors (Lipinski definition) is 20. The first-order valence-corrected chi connectivity index (χ1v) is 25.0. The van der Waals surface area contributed by atoms with Crippen LogP contribution in [-0.2, 0) is 85.6 Å². The Morgan fingerprint density at radius 3 is 1.94 bits per heavy atom. The molecule has 0 saturated carbocycles. The van der Waals surface area contributed by atoms with Gasteiger partial charge in [0.15, 0.2) is 36.9 Å². The lowest BCUT2D eigenvalue weighted by Gasteiger charge is -2.49. The summed E-state index contributed by atoms with van der Waals surface area (Å²) in [4.78, 5) is 78.8. The number of carbonyl (C=O) groups is 6. The smallest absolute Gasteiger partial charge is 0.308 e. The van der Waals surface area contributed by atoms with Crippen molar-refractivity contribution in [2.45, 2.75) is 200 Å². The Kier molecular flexibility index (Phi) is 23.6. The third-order valence-electron chi connectivity index (χ3n) is 13.8. The van der Waals surface area contributed by atoms with E-state index in [0.29, 0.717) is 12.0 Å². The zero-order valence-corrected chi connectivity index (χ0v) is 44.7. The van der Waals surface area contributed by atoms with Crippen LogP contribution in [0.5, 0.6) is 0 Å². The van der Waals surface area contributed by atoms with E-state index in [1.807, 2.05) is 24.8 Å². The second-order valence-electron chi connectivity index (χ2n) is 19.8. The number of rotatable bonds is 16. The molecule has 20 heteroatoms. The van der Waals surface area contributed by atoms with Gasteiger partial charge in [-0.15, -0.1) is 0 Å². The number of nitrogens with zero attached hydrogens (tertiary/aromatic N) is 1. The highest BCUT2D eigenvalue weighted by atomic mass is 16.7. The number of carbonyl (C=O) groups excluding carboxylic acids is 6. The molecule has 2 saturated heterocycles. The largest absolute Gasteiger partial charge is 0.462 e. The Morgan fingerprint density at radius 2 is 1.38 bits per heavy atom. The summed E-state index contributed by atoms with van der Waals surface area (Å²) < 4.78 is 73.2. The van der Waals surface area contributed by atoms with Crippen LogP contribution in [0.4, 0.5) is 0 Å². The van der Waals surface area contributed by atoms with Crippen molar-refractivity contribution < 1.29 is 90.7 Å². The van der Waals surface area contributed by atoms with Crippen molar-refractivity contribution in [1.82, 2.24) is 4.90 Å². The fraction of sp³-hybridized carbons (Fsp3) is 0.769. The molecule has 0 aromatic carbocycles. The van der Waals surface area contributed by atoms with Crippen LogP contribution in [0, 0.1) is 23.7 Å². The molecule has 4 aliphatic rings. The van der Waals surface area contributed by atoms with Gasteiger partial charge in [0.2, 0.25) is 0 Å². The Bertz CT molecular complexity index is 1920. The van der Waals surface area contributed by atoms with Crippen LogP contribution in [0.3, 0.4) is 0 Å². The van der Waals surface area contributed by atoms with Gasteiger partial charge in [-0.1, -0.05) is 38.5 Å². The minimum atomic E-state index is -1.40. The number of cyclic esters (lactones) is 1. The number of aliphatic hydroxyl groups is 1. The zero-order chi connectivity index (χ0) is 53.7. The first-order chi connectivity index (χ1) is 33.9. The molecule has 0 aromatic rings. The number of methoxy groups -OCH3 is 2. The zero-order valence-electron chi connectivity index (χ0n) is 44.7. The molecular weight excluding hydrogens is 943 g/mol. The van der Waals surface area contributed by atoms with Crippen molar-refractivity contribution in [2.24, 2.45) is 23.7 Å². The predicted molar refractivity (Wildman–Crippen MR) is 257 cm³/mol. The Balaban J connectivity index is 1.67. The highest BCUT2D eigenvalue weighted by molar-refractivity contribution is 5.91. The SMILES string of the molecule is CC[C@H]1OC(=O)C[C@@H](O)[C@H](C)[C@@H](O[C@@H]2O[C@H](C)[C@@H](O[C@H]3C=C(C)[C@@H](OC(C)=O)[C@H](C)O3)[C@H](N(C)C)[C@H]2OC(C)=O)[C@@H](CC=O)C[C@@H](C)C(=O)/C=C/C(C)=C/[C@@H]1CO[C@@H]1O[C@H](C)[C@@H](OC(C)=O)[C@@H](OC)[C@H]1OC. The van der Waals surface area contributed by atoms with E-state index >= 15 is 0 Å². The number of ketones is 1. The minimum absolute atomic E-state index is 0.0433. The highest BCUT2D eigenvalue weighted by Crippen LogP contribution is 2.38. The summed E-state index contributed by atoms with van der Waals surface area (Å²) in [6.07, 6.45) is -5.95. The van der Waals surface area contributed by atoms with Crippen molar-refractivity contribution in [3.05, 3.63) is 35.5 Å². The maximum atomic E-state index is 14.0. The lowest BCUT2D eigenvalue weighted by Crippen LogP contribution is -2.65. The molecule has 408 valence electrons. The lowest BCUT2D eigenvalue weighted by molar-refractivity contribution is -0.325. The van der Waals surface area contributed by atoms with Crippen molar-refractivity contribution in [3.63, 3.8) is 0 Å². The van der Waals surface area contributed by atoms with Gasteiger partial charge in [-0.05, 0) is 85.2 Å². The number of allylic oxidation sites excluding steroid dienone is 3. The van der Waals surface area contributed by atoms with Crippen molar-refractivity contribution in [1.29, 1.82) is 0 Å². The molecule has 0 radical (unpaired) electrons. The van der Waals surface area contributed by atoms with Gasteiger partial charge in [-0.25, -0.2) is 0 Å². The van der Waals surface area contributed by atoms with Gasteiger partial charge < -0.3 is 71.6 Å². The van der Waals surface area contributed by atoms with Crippen LogP contribution >= 0.6 is 0 Å². The Labute approximate surface area is 424 Å². The molecule has 20 nitrogen and oxygen atoms in total. The number of aldehydes is 1. The van der Waals surface area contributed by atoms with E-state index < -0.39 is 152 Å². The van der Waals surface area contributed by atoms with E-state index in [2.05, 4.69) is 0 Å². The van der Waals surface area contributed by atoms with Gasteiger partial charge in [-0.2, -0.15) is 0 Å². The van der Waals surface area contributed by atoms with Crippen LogP contribution in [0.15, 0.2) is 35.5 Å². The molecular formula is C52H81NO19. The van der Waals surface area contributed by atoms with Gasteiger partial charge in [0, 0.05) is 59.2 Å². The molecule has 4 aliphatic heterocycles. The number of hydrogen-bond donors (Lipinski definition) is 1. The standard InChI is InChI=1S/C52H81NO19/c1-16-40-37(25-63-51-50(62-15)49(61-14)47(32(8)65-51)68-34(10)56)21-26(2)17-18-38(58)27(3)22-36(19-20-54)45(29(5)39(59)24-41(60)70-40)72-52-48(69-35(11)57)43(53(12)13)46(31(7)66-52)71-42-23-28(4)44(30(6)64-42)67-33(9)55/h17-18,20-21,23,27,29-32,36-37,39-40,42-52,59H,16,19,22,24-25H2,1-15H3/b18-17+,26-21+/t27-,29+,30+,31-,32-,36+,37-,39-,40-,42+,43+,44-,45-,46-,47-,48-,49-,50-,51-,52+/m1/s1. The molecule has 0 bridgehead atoms. The summed E-state index contributed by atoms with van der Waals surface area (Å²) in [7, 11) is 6.50. The number of ether oxygens (including phenoxy) is 12. The van der Waals surface area contributed by atoms with Crippen LogP contribution in [-0.4, -0.2) is 179 Å². The molecule has 0 unspecified atom stereocenters. The number of esters is 4. The summed E-state index contributed by atoms with van der Waals surface area (Å²) in [5.74, 6) is -5.40. The average molecular weight is 1020 g/mol. The Morgan fingerprint density at radius 1 is 0.764 bits per heavy atom. The summed E-state index contributed by atoms with van der Waals surface area (Å²) in [5, 5.41) is 12.0. The maximum Gasteiger partial charge on any atom is 0.308 e. The average Bonchev–Trinajstić information content (AvgIpc) is 3.29. The minimum Gasteiger partial charge on any atom is -0.462 e. The van der Waals surface area contributed by atoms with Crippen LogP contribution in [0.1, 0.15) is 102 Å². The summed E-state index contributed by atoms with van der Waals surface area (Å²) in [5.41, 5.74) is 1.39. The second-order valence-corrected chi connectivity index (χ2v) is 19.8. The van der Waals surface area contributed by atoms with E-state index in [9.17, 15) is 33.9 Å². The van der Waals surface area contributed by atoms with E-state index in [4.69, 9.17) is 56.8 Å². The first-order valence-electron chi connectivity index (χ1n) is 25.0. The molecule has 0 amide bonds. The first kappa shape index (κ1) is 60.6. The van der Waals surface area contributed by atoms with Gasteiger partial charge in [0.05, 0.1) is 49.6 Å². The van der Waals surface area contributed by atoms with Crippen molar-refractivity contribution in [3.8, 4) is 0 Å². The quantitative estimate of drug-likeness (QED) is 0.0979. The summed E-state index contributed by atoms with van der Waals surface area (Å²) >= 11 is 0. The molecule has 0 aliphatic carbocycles.